The molecule has 0 aromatic heterocycles. The molecule has 1 aliphatic rings. The molecule has 1 heterocycles. The smallest absolute Gasteiger partial charge is 0.0204 e. The summed E-state index contributed by atoms with van der Waals surface area (Å²) in [7, 11) is 0. The highest BCUT2D eigenvalue weighted by Crippen LogP contribution is 2.25. The van der Waals surface area contributed by atoms with Gasteiger partial charge in [-0.05, 0) is 25.2 Å². The van der Waals surface area contributed by atoms with Crippen LogP contribution in [0, 0.1) is 5.92 Å². The lowest BCUT2D eigenvalue weighted by atomic mass is 9.96. The molecule has 1 fully saturated rings. The van der Waals surface area contributed by atoms with Crippen molar-refractivity contribution in [2.45, 2.75) is 45.6 Å². The number of hydrogen-bond acceptors (Lipinski definition) is 1. The van der Waals surface area contributed by atoms with Gasteiger partial charge in [-0.25, -0.2) is 3.11 Å². The van der Waals surface area contributed by atoms with Crippen molar-refractivity contribution in [3.8, 4) is 0 Å². The van der Waals surface area contributed by atoms with Crippen LogP contribution in [0.25, 0.3) is 0 Å². The lowest BCUT2D eigenvalue weighted by Crippen LogP contribution is -2.32. The predicted octanol–water partition coefficient (Wildman–Crippen LogP) is 3.24. The zero-order valence-electron chi connectivity index (χ0n) is 7.52. The lowest BCUT2D eigenvalue weighted by molar-refractivity contribution is 0.261. The molecule has 0 aliphatic carbocycles. The Bertz CT molecular complexity index is 114. The van der Waals surface area contributed by atoms with Gasteiger partial charge in [-0.3, -0.25) is 0 Å². The van der Waals surface area contributed by atoms with Crippen LogP contribution in [0.15, 0.2) is 0 Å². The highest BCUT2D eigenvalue weighted by Gasteiger charge is 2.20. The lowest BCUT2D eigenvalue weighted by Gasteiger charge is -2.31. The van der Waals surface area contributed by atoms with Gasteiger partial charge in [0.25, 0.3) is 0 Å². The number of hydrogen-bond donors (Lipinski definition) is 0. The molecule has 0 N–H and O–H groups in total. The topological polar surface area (TPSA) is 3.24 Å². The average molecular weight is 267 g/mol. The quantitative estimate of drug-likeness (QED) is 0.548. The first kappa shape index (κ1) is 9.78. The standard InChI is InChI=1S/C9H18IN/c1-8(2)7-9-5-3-4-6-11(9)10/h8-9H,3-7H2,1-2H3. The molecule has 0 aromatic rings. The van der Waals surface area contributed by atoms with E-state index in [4.69, 9.17) is 0 Å². The fourth-order valence-corrected chi connectivity index (χ4v) is 2.59. The molecule has 1 saturated heterocycles. The van der Waals surface area contributed by atoms with Crippen molar-refractivity contribution in [3.63, 3.8) is 0 Å². The first-order valence-electron chi connectivity index (χ1n) is 4.62. The van der Waals surface area contributed by atoms with Crippen molar-refractivity contribution in [2.75, 3.05) is 6.54 Å². The summed E-state index contributed by atoms with van der Waals surface area (Å²) in [6.45, 7) is 5.94. The molecule has 11 heavy (non-hydrogen) atoms. The predicted molar refractivity (Wildman–Crippen MR) is 57.8 cm³/mol. The average Bonchev–Trinajstić information content (AvgIpc) is 1.93. The van der Waals surface area contributed by atoms with Crippen molar-refractivity contribution in [1.82, 2.24) is 3.11 Å². The van der Waals surface area contributed by atoms with E-state index in [1.54, 1.807) is 0 Å². The van der Waals surface area contributed by atoms with E-state index in [2.05, 4.69) is 39.8 Å². The van der Waals surface area contributed by atoms with Gasteiger partial charge in [-0.1, -0.05) is 20.3 Å². The first-order valence-corrected chi connectivity index (χ1v) is 5.59. The minimum absolute atomic E-state index is 0.857. The van der Waals surface area contributed by atoms with Crippen molar-refractivity contribution >= 4 is 22.9 Å². The van der Waals surface area contributed by atoms with Gasteiger partial charge in [0.2, 0.25) is 0 Å². The molecule has 0 bridgehead atoms. The molecule has 1 atom stereocenters. The Kier molecular flexibility index (Phi) is 4.13. The number of rotatable bonds is 2. The molecule has 0 radical (unpaired) electrons. The zero-order valence-corrected chi connectivity index (χ0v) is 9.67. The summed E-state index contributed by atoms with van der Waals surface area (Å²) in [5.41, 5.74) is 0. The number of piperidine rings is 1. The van der Waals surface area contributed by atoms with Crippen LogP contribution in [-0.4, -0.2) is 15.7 Å². The Balaban J connectivity index is 2.29. The molecular weight excluding hydrogens is 249 g/mol. The Morgan fingerprint density at radius 1 is 1.45 bits per heavy atom. The molecule has 0 amide bonds. The Morgan fingerprint density at radius 3 is 2.73 bits per heavy atom. The molecule has 0 aromatic carbocycles. The van der Waals surface area contributed by atoms with E-state index < -0.39 is 0 Å². The molecule has 1 unspecified atom stereocenters. The molecule has 1 aliphatic heterocycles. The highest BCUT2D eigenvalue weighted by molar-refractivity contribution is 14.1. The Morgan fingerprint density at radius 2 is 2.18 bits per heavy atom. The molecular formula is C9H18IN. The minimum atomic E-state index is 0.857. The monoisotopic (exact) mass is 267 g/mol. The third kappa shape index (κ3) is 3.28. The normalized spacial score (nSPS) is 27.8. The summed E-state index contributed by atoms with van der Waals surface area (Å²) >= 11 is 2.49. The zero-order chi connectivity index (χ0) is 8.27. The minimum Gasteiger partial charge on any atom is -0.244 e. The summed E-state index contributed by atoms with van der Waals surface area (Å²) in [5, 5.41) is 0. The van der Waals surface area contributed by atoms with E-state index >= 15 is 0 Å². The molecule has 66 valence electrons. The third-order valence-corrected chi connectivity index (χ3v) is 3.57. The summed E-state index contributed by atoms with van der Waals surface area (Å²) in [5.74, 6) is 0.857. The summed E-state index contributed by atoms with van der Waals surface area (Å²) in [6.07, 6.45) is 5.64. The summed E-state index contributed by atoms with van der Waals surface area (Å²) < 4.78 is 2.50. The molecule has 0 saturated carbocycles. The number of halogens is 1. The van der Waals surface area contributed by atoms with Crippen LogP contribution in [0.4, 0.5) is 0 Å². The van der Waals surface area contributed by atoms with E-state index in [-0.39, 0.29) is 0 Å². The van der Waals surface area contributed by atoms with Crippen LogP contribution in [0.1, 0.15) is 39.5 Å². The maximum absolute atomic E-state index is 2.50. The molecule has 1 nitrogen and oxygen atoms in total. The van der Waals surface area contributed by atoms with Crippen molar-refractivity contribution in [1.29, 1.82) is 0 Å². The van der Waals surface area contributed by atoms with Crippen LogP contribution in [-0.2, 0) is 0 Å². The van der Waals surface area contributed by atoms with E-state index in [9.17, 15) is 0 Å². The third-order valence-electron chi connectivity index (χ3n) is 2.30. The van der Waals surface area contributed by atoms with Crippen LogP contribution in [0.3, 0.4) is 0 Å². The van der Waals surface area contributed by atoms with Gasteiger partial charge in [0, 0.05) is 35.5 Å². The summed E-state index contributed by atoms with van der Waals surface area (Å²) in [6, 6.07) is 0.865. The summed E-state index contributed by atoms with van der Waals surface area (Å²) in [4.78, 5) is 0. The second-order valence-corrected chi connectivity index (χ2v) is 5.14. The fraction of sp³-hybridized carbons (Fsp3) is 1.00. The van der Waals surface area contributed by atoms with E-state index in [0.717, 1.165) is 12.0 Å². The fourth-order valence-electron chi connectivity index (χ4n) is 1.74. The van der Waals surface area contributed by atoms with Gasteiger partial charge in [0.1, 0.15) is 0 Å². The second-order valence-electron chi connectivity index (χ2n) is 3.90. The van der Waals surface area contributed by atoms with Crippen LogP contribution in [0.2, 0.25) is 0 Å². The van der Waals surface area contributed by atoms with Gasteiger partial charge in [0.15, 0.2) is 0 Å². The van der Waals surface area contributed by atoms with Gasteiger partial charge in [-0.15, -0.1) is 0 Å². The second kappa shape index (κ2) is 4.65. The van der Waals surface area contributed by atoms with Crippen LogP contribution < -0.4 is 0 Å². The van der Waals surface area contributed by atoms with Crippen molar-refractivity contribution in [3.05, 3.63) is 0 Å². The van der Waals surface area contributed by atoms with Gasteiger partial charge < -0.3 is 0 Å². The largest absolute Gasteiger partial charge is 0.244 e. The van der Waals surface area contributed by atoms with E-state index in [0.29, 0.717) is 0 Å². The van der Waals surface area contributed by atoms with Crippen molar-refractivity contribution < 1.29 is 0 Å². The first-order chi connectivity index (χ1) is 5.20. The van der Waals surface area contributed by atoms with Gasteiger partial charge >= 0.3 is 0 Å². The SMILES string of the molecule is CC(C)CC1CCCCN1I. The maximum Gasteiger partial charge on any atom is 0.0204 e. The number of nitrogens with zero attached hydrogens (tertiary/aromatic N) is 1. The maximum atomic E-state index is 2.50. The van der Waals surface area contributed by atoms with Crippen LogP contribution >= 0.6 is 22.9 Å². The van der Waals surface area contributed by atoms with Gasteiger partial charge in [-0.2, -0.15) is 0 Å². The van der Waals surface area contributed by atoms with E-state index in [1.807, 2.05) is 0 Å². The van der Waals surface area contributed by atoms with Crippen LogP contribution in [0.5, 0.6) is 0 Å². The highest BCUT2D eigenvalue weighted by atomic mass is 127. The molecule has 1 rings (SSSR count). The van der Waals surface area contributed by atoms with Gasteiger partial charge in [0.05, 0.1) is 0 Å². The Labute approximate surface area is 84.0 Å². The van der Waals surface area contributed by atoms with E-state index in [1.165, 1.54) is 32.2 Å². The molecule has 2 heteroatoms. The molecule has 0 spiro atoms. The Hall–Kier alpha value is 0.690. The van der Waals surface area contributed by atoms with Crippen molar-refractivity contribution in [2.24, 2.45) is 5.92 Å².